The lowest BCUT2D eigenvalue weighted by Crippen LogP contribution is -2.55. The fourth-order valence-electron chi connectivity index (χ4n) is 2.30. The van der Waals surface area contributed by atoms with Gasteiger partial charge in [-0.1, -0.05) is 30.3 Å². The molecule has 1 atom stereocenters. The van der Waals surface area contributed by atoms with E-state index in [1.807, 2.05) is 0 Å². The third-order valence-electron chi connectivity index (χ3n) is 3.31. The molecule has 0 bridgehead atoms. The number of piperidine rings is 1. The summed E-state index contributed by atoms with van der Waals surface area (Å²) in [7, 11) is 0. The first-order chi connectivity index (χ1) is 9.98. The molecule has 116 valence electrons. The molecule has 0 spiro atoms. The molecule has 0 saturated carbocycles. The van der Waals surface area contributed by atoms with Crippen molar-refractivity contribution in [3.05, 3.63) is 35.9 Å². The molecule has 1 fully saturated rings. The van der Waals surface area contributed by atoms with E-state index in [4.69, 9.17) is 4.74 Å². The van der Waals surface area contributed by atoms with Crippen LogP contribution in [0.15, 0.2) is 30.3 Å². The Kier molecular flexibility index (Phi) is 5.06. The molecule has 0 aliphatic carbocycles. The summed E-state index contributed by atoms with van der Waals surface area (Å²) < 4.78 is 44.0. The van der Waals surface area contributed by atoms with Gasteiger partial charge in [0.25, 0.3) is 0 Å². The summed E-state index contributed by atoms with van der Waals surface area (Å²) in [5.74, 6) is 0. The van der Waals surface area contributed by atoms with E-state index in [1.165, 1.54) is 0 Å². The molecule has 4 nitrogen and oxygen atoms in total. The number of carbonyl (C=O) groups excluding carboxylic acids is 1. The SMILES string of the molecule is O=C(OCc1ccccc1)N(C1CCCNC1)C(F)(F)F. The number of halogens is 3. The second-order valence-electron chi connectivity index (χ2n) is 4.88. The second-order valence-corrected chi connectivity index (χ2v) is 4.88. The highest BCUT2D eigenvalue weighted by molar-refractivity contribution is 5.68. The minimum absolute atomic E-state index is 0.109. The summed E-state index contributed by atoms with van der Waals surface area (Å²) in [4.78, 5) is 11.7. The summed E-state index contributed by atoms with van der Waals surface area (Å²) in [6.07, 6.45) is -5.17. The van der Waals surface area contributed by atoms with Crippen LogP contribution in [0.2, 0.25) is 0 Å². The van der Waals surface area contributed by atoms with Crippen molar-refractivity contribution in [3.8, 4) is 0 Å². The van der Waals surface area contributed by atoms with E-state index in [0.29, 0.717) is 24.9 Å². The van der Waals surface area contributed by atoms with Gasteiger partial charge in [-0.25, -0.2) is 9.69 Å². The van der Waals surface area contributed by atoms with Gasteiger partial charge in [0, 0.05) is 6.54 Å². The first-order valence-electron chi connectivity index (χ1n) is 6.76. The zero-order valence-electron chi connectivity index (χ0n) is 11.4. The minimum atomic E-state index is -4.74. The van der Waals surface area contributed by atoms with E-state index in [2.05, 4.69) is 5.32 Å². The zero-order valence-corrected chi connectivity index (χ0v) is 11.4. The number of carbonyl (C=O) groups is 1. The van der Waals surface area contributed by atoms with Crippen molar-refractivity contribution in [3.63, 3.8) is 0 Å². The van der Waals surface area contributed by atoms with Crippen LogP contribution >= 0.6 is 0 Å². The van der Waals surface area contributed by atoms with Gasteiger partial charge in [0.15, 0.2) is 0 Å². The van der Waals surface area contributed by atoms with Crippen LogP contribution in [0, 0.1) is 0 Å². The van der Waals surface area contributed by atoms with Crippen molar-refractivity contribution < 1.29 is 22.7 Å². The molecule has 1 aliphatic heterocycles. The molecule has 1 aromatic rings. The summed E-state index contributed by atoms with van der Waals surface area (Å²) >= 11 is 0. The van der Waals surface area contributed by atoms with Crippen LogP contribution in [-0.2, 0) is 11.3 Å². The van der Waals surface area contributed by atoms with E-state index < -0.39 is 18.4 Å². The number of hydrogen-bond donors (Lipinski definition) is 1. The molecule has 0 radical (unpaired) electrons. The number of amides is 1. The highest BCUT2D eigenvalue weighted by Crippen LogP contribution is 2.27. The summed E-state index contributed by atoms with van der Waals surface area (Å²) in [5.41, 5.74) is 0.648. The van der Waals surface area contributed by atoms with Gasteiger partial charge in [-0.05, 0) is 24.9 Å². The van der Waals surface area contributed by atoms with Gasteiger partial charge in [0.1, 0.15) is 6.61 Å². The number of hydrogen-bond acceptors (Lipinski definition) is 3. The number of rotatable bonds is 3. The molecule has 1 heterocycles. The molecular formula is C14H17F3N2O2. The lowest BCUT2D eigenvalue weighted by molar-refractivity contribution is -0.243. The van der Waals surface area contributed by atoms with Gasteiger partial charge in [-0.3, -0.25) is 0 Å². The van der Waals surface area contributed by atoms with Gasteiger partial charge < -0.3 is 10.1 Å². The second kappa shape index (κ2) is 6.80. The van der Waals surface area contributed by atoms with Crippen molar-refractivity contribution in [2.24, 2.45) is 0 Å². The maximum absolute atomic E-state index is 13.1. The summed E-state index contributed by atoms with van der Waals surface area (Å²) in [6.45, 7) is 0.619. The maximum Gasteiger partial charge on any atom is 0.490 e. The molecule has 1 unspecified atom stereocenters. The largest absolute Gasteiger partial charge is 0.490 e. The van der Waals surface area contributed by atoms with Gasteiger partial charge >= 0.3 is 12.4 Å². The van der Waals surface area contributed by atoms with E-state index in [1.54, 1.807) is 30.3 Å². The summed E-state index contributed by atoms with van der Waals surface area (Å²) in [5, 5.41) is 2.87. The molecule has 2 rings (SSSR count). The van der Waals surface area contributed by atoms with Crippen molar-refractivity contribution in [1.82, 2.24) is 10.2 Å². The summed E-state index contributed by atoms with van der Waals surface area (Å²) in [6, 6.07) is 7.70. The smallest absolute Gasteiger partial charge is 0.444 e. The van der Waals surface area contributed by atoms with Crippen LogP contribution in [0.25, 0.3) is 0 Å². The van der Waals surface area contributed by atoms with Crippen LogP contribution in [0.1, 0.15) is 18.4 Å². The van der Waals surface area contributed by atoms with Crippen LogP contribution < -0.4 is 5.32 Å². The Labute approximate surface area is 120 Å². The Bertz CT molecular complexity index is 459. The van der Waals surface area contributed by atoms with Gasteiger partial charge in [-0.15, -0.1) is 13.2 Å². The maximum atomic E-state index is 13.1. The van der Waals surface area contributed by atoms with Crippen molar-refractivity contribution in [2.75, 3.05) is 13.1 Å². The lowest BCUT2D eigenvalue weighted by Gasteiger charge is -2.34. The Morgan fingerprint density at radius 1 is 1.33 bits per heavy atom. The minimum Gasteiger partial charge on any atom is -0.444 e. The third-order valence-corrected chi connectivity index (χ3v) is 3.31. The topological polar surface area (TPSA) is 41.6 Å². The van der Waals surface area contributed by atoms with Crippen LogP contribution in [-0.4, -0.2) is 36.4 Å². The molecule has 1 amide bonds. The van der Waals surface area contributed by atoms with Crippen molar-refractivity contribution in [2.45, 2.75) is 31.8 Å². The molecular weight excluding hydrogens is 285 g/mol. The molecule has 1 aromatic carbocycles. The Morgan fingerprint density at radius 3 is 2.62 bits per heavy atom. The monoisotopic (exact) mass is 302 g/mol. The molecule has 21 heavy (non-hydrogen) atoms. The zero-order chi connectivity index (χ0) is 15.3. The first kappa shape index (κ1) is 15.6. The van der Waals surface area contributed by atoms with E-state index >= 15 is 0 Å². The predicted octanol–water partition coefficient (Wildman–Crippen LogP) is 2.90. The van der Waals surface area contributed by atoms with Crippen LogP contribution in [0.4, 0.5) is 18.0 Å². The fourth-order valence-corrected chi connectivity index (χ4v) is 2.30. The van der Waals surface area contributed by atoms with Crippen molar-refractivity contribution in [1.29, 1.82) is 0 Å². The number of ether oxygens (including phenoxy) is 1. The molecule has 1 aliphatic rings. The molecule has 1 N–H and O–H groups in total. The van der Waals surface area contributed by atoms with Crippen LogP contribution in [0.5, 0.6) is 0 Å². The fraction of sp³-hybridized carbons (Fsp3) is 0.500. The van der Waals surface area contributed by atoms with Gasteiger partial charge in [-0.2, -0.15) is 0 Å². The van der Waals surface area contributed by atoms with E-state index in [0.717, 1.165) is 0 Å². The van der Waals surface area contributed by atoms with Gasteiger partial charge in [0.2, 0.25) is 0 Å². The number of nitrogens with one attached hydrogen (secondary N) is 1. The standard InChI is InChI=1S/C14H17F3N2O2/c15-14(16,17)19(12-7-4-8-18-9-12)13(20)21-10-11-5-2-1-3-6-11/h1-3,5-6,12,18H,4,7-10H2. The van der Waals surface area contributed by atoms with Gasteiger partial charge in [0.05, 0.1) is 6.04 Å². The lowest BCUT2D eigenvalue weighted by atomic mass is 10.1. The van der Waals surface area contributed by atoms with Crippen molar-refractivity contribution >= 4 is 6.09 Å². The molecule has 7 heteroatoms. The Balaban J connectivity index is 2.00. The number of nitrogens with zero attached hydrogens (tertiary/aromatic N) is 1. The Hall–Kier alpha value is -1.76. The molecule has 1 saturated heterocycles. The normalized spacial score (nSPS) is 19.1. The number of alkyl halides is 3. The third kappa shape index (κ3) is 4.35. The van der Waals surface area contributed by atoms with Crippen LogP contribution in [0.3, 0.4) is 0 Å². The Morgan fingerprint density at radius 2 is 2.05 bits per heavy atom. The molecule has 0 aromatic heterocycles. The predicted molar refractivity (Wildman–Crippen MR) is 70.4 cm³/mol. The van der Waals surface area contributed by atoms with E-state index in [9.17, 15) is 18.0 Å². The average Bonchev–Trinajstić information content (AvgIpc) is 2.46. The quantitative estimate of drug-likeness (QED) is 0.873. The van der Waals surface area contributed by atoms with E-state index in [-0.39, 0.29) is 18.1 Å². The number of benzene rings is 1. The highest BCUT2D eigenvalue weighted by Gasteiger charge is 2.46. The first-order valence-corrected chi connectivity index (χ1v) is 6.76. The average molecular weight is 302 g/mol. The highest BCUT2D eigenvalue weighted by atomic mass is 19.4.